The van der Waals surface area contributed by atoms with E-state index in [2.05, 4.69) is 5.32 Å². The molecule has 1 aliphatic rings. The fourth-order valence-electron chi connectivity index (χ4n) is 4.94. The van der Waals surface area contributed by atoms with E-state index in [0.717, 1.165) is 5.56 Å². The third-order valence-electron chi connectivity index (χ3n) is 6.86. The zero-order valence-corrected chi connectivity index (χ0v) is 22.7. The van der Waals surface area contributed by atoms with Gasteiger partial charge >= 0.3 is 0 Å². The summed E-state index contributed by atoms with van der Waals surface area (Å²) in [6.45, 7) is 1.84. The highest BCUT2D eigenvalue weighted by Crippen LogP contribution is 2.36. The number of nitrogens with two attached hydrogens (primary N) is 1. The number of hydrogen-bond donors (Lipinski definition) is 2. The van der Waals surface area contributed by atoms with E-state index in [0.29, 0.717) is 43.9 Å². The summed E-state index contributed by atoms with van der Waals surface area (Å²) in [5.41, 5.74) is 7.91. The number of anilines is 1. The van der Waals surface area contributed by atoms with Crippen molar-refractivity contribution in [1.29, 1.82) is 0 Å². The van der Waals surface area contributed by atoms with Crippen molar-refractivity contribution in [1.82, 2.24) is 9.80 Å². The summed E-state index contributed by atoms with van der Waals surface area (Å²) in [6.07, 6.45) is 0.406. The van der Waals surface area contributed by atoms with Gasteiger partial charge in [0.05, 0.1) is 6.54 Å². The van der Waals surface area contributed by atoms with Gasteiger partial charge in [0.1, 0.15) is 17.7 Å². The van der Waals surface area contributed by atoms with Gasteiger partial charge < -0.3 is 11.1 Å². The lowest BCUT2D eigenvalue weighted by Gasteiger charge is -2.40. The zero-order chi connectivity index (χ0) is 27.9. The van der Waals surface area contributed by atoms with Crippen molar-refractivity contribution in [3.05, 3.63) is 101 Å². The van der Waals surface area contributed by atoms with Gasteiger partial charge in [-0.05, 0) is 53.9 Å². The van der Waals surface area contributed by atoms with Gasteiger partial charge in [-0.3, -0.25) is 19.4 Å². The molecule has 3 N–H and O–H groups in total. The van der Waals surface area contributed by atoms with E-state index in [1.807, 2.05) is 28.0 Å². The average molecular weight is 575 g/mol. The van der Waals surface area contributed by atoms with Crippen molar-refractivity contribution >= 4 is 40.7 Å². The summed E-state index contributed by atoms with van der Waals surface area (Å²) in [6, 6.07) is 18.8. The number of alkyl halides is 1. The Bertz CT molecular complexity index is 1280. The Balaban J connectivity index is 1.42. The van der Waals surface area contributed by atoms with Gasteiger partial charge in [0, 0.05) is 48.2 Å². The van der Waals surface area contributed by atoms with Crippen LogP contribution in [-0.4, -0.2) is 65.8 Å². The second-order valence-electron chi connectivity index (χ2n) is 9.67. The number of para-hydroxylation sites is 1. The molecule has 0 saturated carbocycles. The fraction of sp³-hybridized carbons (Fsp3) is 0.310. The van der Waals surface area contributed by atoms with Crippen LogP contribution in [0, 0.1) is 11.6 Å². The van der Waals surface area contributed by atoms with Gasteiger partial charge in [0.15, 0.2) is 0 Å². The monoisotopic (exact) mass is 574 g/mol. The lowest BCUT2D eigenvalue weighted by atomic mass is 9.87. The van der Waals surface area contributed by atoms with E-state index in [1.165, 1.54) is 24.3 Å². The first-order valence-corrected chi connectivity index (χ1v) is 13.5. The Morgan fingerprint density at radius 2 is 1.69 bits per heavy atom. The normalized spacial score (nSPS) is 17.9. The van der Waals surface area contributed by atoms with Gasteiger partial charge in [0.2, 0.25) is 11.8 Å². The minimum Gasteiger partial charge on any atom is -0.368 e. The third kappa shape index (κ3) is 7.99. The molecule has 10 heteroatoms. The standard InChI is InChI=1S/C29H30Cl2F2N4O2/c30-20(14-25(19-6-8-21(32)9-7-19)24-11-10-22(33)15-26(24)31)16-37-13-12-36(17-27(37)29(34)39)18-28(38)35-23-4-2-1-3-5-23/h1-11,15,20,25,27H,12-14,16-18H2,(H2,34,39)(H,35,38). The molecule has 1 saturated heterocycles. The predicted molar refractivity (Wildman–Crippen MR) is 150 cm³/mol. The molecule has 1 fully saturated rings. The second kappa shape index (κ2) is 13.3. The van der Waals surface area contributed by atoms with Gasteiger partial charge in [-0.15, -0.1) is 11.6 Å². The molecule has 4 rings (SSSR count). The van der Waals surface area contributed by atoms with Crippen LogP contribution in [0.15, 0.2) is 72.8 Å². The largest absolute Gasteiger partial charge is 0.368 e. The van der Waals surface area contributed by atoms with Crippen LogP contribution in [0.1, 0.15) is 23.5 Å². The number of nitrogens with zero attached hydrogens (tertiary/aromatic N) is 2. The van der Waals surface area contributed by atoms with Crippen molar-refractivity contribution in [2.75, 3.05) is 38.0 Å². The Kier molecular flexibility index (Phi) is 9.91. The molecule has 3 atom stereocenters. The van der Waals surface area contributed by atoms with Gasteiger partial charge in [-0.2, -0.15) is 0 Å². The first-order valence-electron chi connectivity index (χ1n) is 12.6. The van der Waals surface area contributed by atoms with Crippen LogP contribution in [0.4, 0.5) is 14.5 Å². The van der Waals surface area contributed by atoms with E-state index in [4.69, 9.17) is 28.9 Å². The molecule has 2 amide bonds. The molecule has 3 aromatic rings. The van der Waals surface area contributed by atoms with Crippen LogP contribution in [0.2, 0.25) is 5.02 Å². The molecule has 39 heavy (non-hydrogen) atoms. The molecule has 0 spiro atoms. The molecular weight excluding hydrogens is 545 g/mol. The number of primary amides is 1. The van der Waals surface area contributed by atoms with E-state index in [-0.39, 0.29) is 29.2 Å². The summed E-state index contributed by atoms with van der Waals surface area (Å²) in [7, 11) is 0. The Morgan fingerprint density at radius 3 is 2.36 bits per heavy atom. The number of halogens is 4. The molecule has 0 bridgehead atoms. The van der Waals surface area contributed by atoms with E-state index >= 15 is 0 Å². The Morgan fingerprint density at radius 1 is 1.00 bits per heavy atom. The third-order valence-corrected chi connectivity index (χ3v) is 7.51. The van der Waals surface area contributed by atoms with Crippen LogP contribution in [-0.2, 0) is 9.59 Å². The summed E-state index contributed by atoms with van der Waals surface area (Å²) < 4.78 is 27.4. The lowest BCUT2D eigenvalue weighted by molar-refractivity contribution is -0.127. The summed E-state index contributed by atoms with van der Waals surface area (Å²) in [4.78, 5) is 28.7. The van der Waals surface area contributed by atoms with Crippen LogP contribution in [0.3, 0.4) is 0 Å². The van der Waals surface area contributed by atoms with E-state index < -0.39 is 23.1 Å². The molecule has 0 radical (unpaired) electrons. The number of piperazine rings is 1. The molecule has 0 aromatic heterocycles. The lowest BCUT2D eigenvalue weighted by Crippen LogP contribution is -2.60. The van der Waals surface area contributed by atoms with Crippen molar-refractivity contribution in [2.45, 2.75) is 23.8 Å². The number of benzene rings is 3. The van der Waals surface area contributed by atoms with Crippen LogP contribution in [0.25, 0.3) is 0 Å². The maximum Gasteiger partial charge on any atom is 0.238 e. The van der Waals surface area contributed by atoms with Crippen LogP contribution < -0.4 is 11.1 Å². The van der Waals surface area contributed by atoms with Gasteiger partial charge in [0.25, 0.3) is 0 Å². The first kappa shape index (κ1) is 29.0. The van der Waals surface area contributed by atoms with Crippen molar-refractivity contribution in [3.63, 3.8) is 0 Å². The molecule has 206 valence electrons. The van der Waals surface area contributed by atoms with Gasteiger partial charge in [-0.25, -0.2) is 8.78 Å². The molecule has 0 aliphatic carbocycles. The number of carbonyl (C=O) groups is 2. The summed E-state index contributed by atoms with van der Waals surface area (Å²) >= 11 is 13.2. The first-order chi connectivity index (χ1) is 18.7. The number of carbonyl (C=O) groups excluding carboxylic acids is 2. The highest BCUT2D eigenvalue weighted by Gasteiger charge is 2.33. The molecule has 1 aliphatic heterocycles. The quantitative estimate of drug-likeness (QED) is 0.339. The number of amides is 2. The second-order valence-corrected chi connectivity index (χ2v) is 10.7. The molecule has 3 aromatic carbocycles. The SMILES string of the molecule is NC(=O)C1CN(CC(=O)Nc2ccccc2)CCN1CC(Cl)CC(c1ccc(F)cc1)c1ccc(F)cc1Cl. The number of rotatable bonds is 10. The Hall–Kier alpha value is -3.04. The average Bonchev–Trinajstić information content (AvgIpc) is 2.89. The minimum absolute atomic E-state index is 0.131. The van der Waals surface area contributed by atoms with Crippen molar-refractivity contribution < 1.29 is 18.4 Å². The minimum atomic E-state index is -0.622. The van der Waals surface area contributed by atoms with E-state index in [1.54, 1.807) is 30.3 Å². The van der Waals surface area contributed by atoms with Crippen molar-refractivity contribution in [3.8, 4) is 0 Å². The molecular formula is C29H30Cl2F2N4O2. The highest BCUT2D eigenvalue weighted by atomic mass is 35.5. The zero-order valence-electron chi connectivity index (χ0n) is 21.2. The van der Waals surface area contributed by atoms with Crippen LogP contribution >= 0.6 is 23.2 Å². The molecule has 3 unspecified atom stereocenters. The summed E-state index contributed by atoms with van der Waals surface area (Å²) in [5.74, 6) is -1.82. The predicted octanol–water partition coefficient (Wildman–Crippen LogP) is 4.86. The van der Waals surface area contributed by atoms with Gasteiger partial charge in [-0.1, -0.05) is 48.0 Å². The number of hydrogen-bond acceptors (Lipinski definition) is 4. The topological polar surface area (TPSA) is 78.7 Å². The maximum atomic E-state index is 13.7. The van der Waals surface area contributed by atoms with Crippen LogP contribution in [0.5, 0.6) is 0 Å². The summed E-state index contributed by atoms with van der Waals surface area (Å²) in [5, 5.41) is 2.67. The highest BCUT2D eigenvalue weighted by molar-refractivity contribution is 6.31. The smallest absolute Gasteiger partial charge is 0.238 e. The van der Waals surface area contributed by atoms with E-state index in [9.17, 15) is 18.4 Å². The molecule has 6 nitrogen and oxygen atoms in total. The number of nitrogens with one attached hydrogen (secondary N) is 1. The van der Waals surface area contributed by atoms with Crippen molar-refractivity contribution in [2.24, 2.45) is 5.73 Å². The maximum absolute atomic E-state index is 13.7. The molecule has 1 heterocycles. The Labute approximate surface area is 236 Å². The fourth-order valence-corrected chi connectivity index (χ4v) is 5.60.